The van der Waals surface area contributed by atoms with E-state index in [0.29, 0.717) is 0 Å². The highest BCUT2D eigenvalue weighted by atomic mass is 16.2. The van der Waals surface area contributed by atoms with Crippen LogP contribution in [0.4, 0.5) is 0 Å². The van der Waals surface area contributed by atoms with Gasteiger partial charge in [-0.15, -0.1) is 0 Å². The van der Waals surface area contributed by atoms with E-state index in [4.69, 9.17) is 5.26 Å². The van der Waals surface area contributed by atoms with Gasteiger partial charge in [-0.2, -0.15) is 5.26 Å². The Morgan fingerprint density at radius 2 is 1.93 bits per heavy atom. The first kappa shape index (κ1) is 13.4. The van der Waals surface area contributed by atoms with Crippen molar-refractivity contribution in [2.24, 2.45) is 0 Å². The largest absolute Gasteiger partial charge is 0.335 e. The number of amides is 2. The zero-order chi connectivity index (χ0) is 11.8. The van der Waals surface area contributed by atoms with Crippen molar-refractivity contribution in [2.45, 2.75) is 32.7 Å². The maximum Gasteiger partial charge on any atom is 0.311 e. The summed E-state index contributed by atoms with van der Waals surface area (Å²) in [5, 5.41) is 10.5. The second-order valence-corrected chi connectivity index (χ2v) is 3.23. The summed E-state index contributed by atoms with van der Waals surface area (Å²) in [5.41, 5.74) is 0. The smallest absolute Gasteiger partial charge is 0.311 e. The van der Waals surface area contributed by atoms with E-state index in [1.54, 1.807) is 13.1 Å². The molecule has 0 bridgehead atoms. The van der Waals surface area contributed by atoms with Crippen LogP contribution in [0.2, 0.25) is 0 Å². The van der Waals surface area contributed by atoms with E-state index in [0.717, 1.165) is 12.8 Å². The molecule has 0 unspecified atom stereocenters. The third kappa shape index (κ3) is 3.98. The quantitative estimate of drug-likeness (QED) is 0.536. The Hall–Kier alpha value is -1.57. The molecule has 0 aromatic carbocycles. The molecule has 2 amide bonds. The molecule has 15 heavy (non-hydrogen) atoms. The van der Waals surface area contributed by atoms with Crippen LogP contribution in [-0.4, -0.2) is 36.3 Å². The Bertz CT molecular complexity index is 266. The number of rotatable bonds is 4. The van der Waals surface area contributed by atoms with E-state index in [-0.39, 0.29) is 12.6 Å². The van der Waals surface area contributed by atoms with Crippen LogP contribution in [0.3, 0.4) is 0 Å². The Kier molecular flexibility index (Phi) is 6.11. The second kappa shape index (κ2) is 6.82. The molecule has 0 heterocycles. The van der Waals surface area contributed by atoms with Gasteiger partial charge in [0.05, 0.1) is 6.07 Å². The van der Waals surface area contributed by atoms with Gasteiger partial charge < -0.3 is 10.2 Å². The van der Waals surface area contributed by atoms with Crippen LogP contribution < -0.4 is 5.32 Å². The van der Waals surface area contributed by atoms with Crippen LogP contribution in [0.15, 0.2) is 0 Å². The number of hydrogen-bond donors (Lipinski definition) is 1. The van der Waals surface area contributed by atoms with Crippen molar-refractivity contribution in [3.63, 3.8) is 0 Å². The van der Waals surface area contributed by atoms with Crippen LogP contribution in [0.1, 0.15) is 26.7 Å². The summed E-state index contributed by atoms with van der Waals surface area (Å²) >= 11 is 0. The van der Waals surface area contributed by atoms with Gasteiger partial charge >= 0.3 is 11.8 Å². The molecule has 0 aliphatic rings. The highest BCUT2D eigenvalue weighted by molar-refractivity contribution is 6.35. The lowest BCUT2D eigenvalue weighted by molar-refractivity contribution is -0.146. The first-order valence-corrected chi connectivity index (χ1v) is 5.00. The van der Waals surface area contributed by atoms with Gasteiger partial charge in [0, 0.05) is 13.1 Å². The highest BCUT2D eigenvalue weighted by Crippen LogP contribution is 2.05. The van der Waals surface area contributed by atoms with Crippen LogP contribution in [0.5, 0.6) is 0 Å². The lowest BCUT2D eigenvalue weighted by Crippen LogP contribution is -2.45. The minimum Gasteiger partial charge on any atom is -0.335 e. The minimum absolute atomic E-state index is 0.0744. The van der Waals surface area contributed by atoms with Crippen molar-refractivity contribution in [2.75, 3.05) is 13.6 Å². The molecule has 0 fully saturated rings. The summed E-state index contributed by atoms with van der Waals surface area (Å²) in [4.78, 5) is 24.2. The average Bonchev–Trinajstić information content (AvgIpc) is 2.26. The summed E-state index contributed by atoms with van der Waals surface area (Å²) in [7, 11) is 1.60. The number of nitriles is 1. The third-order valence-corrected chi connectivity index (χ3v) is 2.33. The normalized spacial score (nSPS) is 9.53. The number of nitrogens with one attached hydrogen (secondary N) is 1. The SMILES string of the molecule is CCC(CC)N(C)C(=O)C(=O)NCC#N. The van der Waals surface area contributed by atoms with Gasteiger partial charge in [0.15, 0.2) is 0 Å². The molecule has 5 heteroatoms. The van der Waals surface area contributed by atoms with Crippen molar-refractivity contribution in [3.05, 3.63) is 0 Å². The van der Waals surface area contributed by atoms with Crippen LogP contribution in [-0.2, 0) is 9.59 Å². The van der Waals surface area contributed by atoms with Crippen molar-refractivity contribution in [3.8, 4) is 6.07 Å². The molecule has 0 aliphatic heterocycles. The average molecular weight is 211 g/mol. The van der Waals surface area contributed by atoms with Crippen LogP contribution in [0, 0.1) is 11.3 Å². The number of hydrogen-bond acceptors (Lipinski definition) is 3. The Balaban J connectivity index is 4.31. The van der Waals surface area contributed by atoms with E-state index in [1.807, 2.05) is 13.8 Å². The van der Waals surface area contributed by atoms with E-state index in [2.05, 4.69) is 5.32 Å². The topological polar surface area (TPSA) is 73.2 Å². The fraction of sp³-hybridized carbons (Fsp3) is 0.700. The first-order valence-electron chi connectivity index (χ1n) is 5.00. The lowest BCUT2D eigenvalue weighted by Gasteiger charge is -2.25. The molecular formula is C10H17N3O2. The molecule has 0 aromatic rings. The predicted octanol–water partition coefficient (Wildman–Crippen LogP) is 0.273. The maximum atomic E-state index is 11.5. The predicted molar refractivity (Wildman–Crippen MR) is 55.8 cm³/mol. The zero-order valence-corrected chi connectivity index (χ0v) is 9.41. The van der Waals surface area contributed by atoms with Gasteiger partial charge in [-0.25, -0.2) is 0 Å². The molecule has 0 spiro atoms. The van der Waals surface area contributed by atoms with Gasteiger partial charge in [0.1, 0.15) is 6.54 Å². The summed E-state index contributed by atoms with van der Waals surface area (Å²) in [6, 6.07) is 1.82. The molecule has 0 saturated carbocycles. The number of nitrogens with zero attached hydrogens (tertiary/aromatic N) is 2. The van der Waals surface area contributed by atoms with Gasteiger partial charge in [-0.05, 0) is 12.8 Å². The van der Waals surface area contributed by atoms with Gasteiger partial charge in [0.25, 0.3) is 0 Å². The molecular weight excluding hydrogens is 194 g/mol. The summed E-state index contributed by atoms with van der Waals surface area (Å²) in [5.74, 6) is -1.30. The van der Waals surface area contributed by atoms with E-state index < -0.39 is 11.8 Å². The van der Waals surface area contributed by atoms with Crippen molar-refractivity contribution < 1.29 is 9.59 Å². The van der Waals surface area contributed by atoms with E-state index >= 15 is 0 Å². The molecule has 0 rings (SSSR count). The van der Waals surface area contributed by atoms with Gasteiger partial charge in [-0.1, -0.05) is 13.8 Å². The first-order chi connectivity index (χ1) is 7.08. The molecule has 1 N–H and O–H groups in total. The maximum absolute atomic E-state index is 11.5. The molecule has 0 saturated heterocycles. The van der Waals surface area contributed by atoms with Gasteiger partial charge in [0.2, 0.25) is 0 Å². The van der Waals surface area contributed by atoms with Crippen LogP contribution in [0.25, 0.3) is 0 Å². The molecule has 0 aliphatic carbocycles. The standard InChI is InChI=1S/C10H17N3O2/c1-4-8(5-2)13(3)10(15)9(14)12-7-6-11/h8H,4-5,7H2,1-3H3,(H,12,14). The highest BCUT2D eigenvalue weighted by Gasteiger charge is 2.22. The Labute approximate surface area is 90.0 Å². The fourth-order valence-electron chi connectivity index (χ4n) is 1.36. The molecule has 0 aromatic heterocycles. The second-order valence-electron chi connectivity index (χ2n) is 3.23. The molecule has 84 valence electrons. The molecule has 5 nitrogen and oxygen atoms in total. The lowest BCUT2D eigenvalue weighted by atomic mass is 10.1. The van der Waals surface area contributed by atoms with Crippen LogP contribution >= 0.6 is 0 Å². The third-order valence-electron chi connectivity index (χ3n) is 2.33. The Morgan fingerprint density at radius 3 is 2.33 bits per heavy atom. The number of carbonyl (C=O) groups is 2. The molecule has 0 radical (unpaired) electrons. The van der Waals surface area contributed by atoms with Crippen molar-refractivity contribution >= 4 is 11.8 Å². The minimum atomic E-state index is -0.717. The monoisotopic (exact) mass is 211 g/mol. The van der Waals surface area contributed by atoms with Crippen molar-refractivity contribution in [1.29, 1.82) is 5.26 Å². The number of carbonyl (C=O) groups excluding carboxylic acids is 2. The summed E-state index contributed by atoms with van der Waals surface area (Å²) < 4.78 is 0. The summed E-state index contributed by atoms with van der Waals surface area (Å²) in [6.45, 7) is 3.79. The molecule has 0 atom stereocenters. The van der Waals surface area contributed by atoms with E-state index in [1.165, 1.54) is 4.90 Å². The van der Waals surface area contributed by atoms with Crippen molar-refractivity contribution in [1.82, 2.24) is 10.2 Å². The summed E-state index contributed by atoms with van der Waals surface area (Å²) in [6.07, 6.45) is 1.62. The van der Waals surface area contributed by atoms with Gasteiger partial charge in [-0.3, -0.25) is 9.59 Å². The zero-order valence-electron chi connectivity index (χ0n) is 9.41. The van der Waals surface area contributed by atoms with E-state index in [9.17, 15) is 9.59 Å². The number of likely N-dealkylation sites (N-methyl/N-ethyl adjacent to an activating group) is 1. The Morgan fingerprint density at radius 1 is 1.40 bits per heavy atom. The fourth-order valence-corrected chi connectivity index (χ4v) is 1.36.